The number of benzene rings is 1. The fourth-order valence-electron chi connectivity index (χ4n) is 1.65. The summed E-state index contributed by atoms with van der Waals surface area (Å²) in [4.78, 5) is 0. The van der Waals surface area contributed by atoms with Crippen LogP contribution in [0, 0.1) is 0 Å². The van der Waals surface area contributed by atoms with Crippen LogP contribution in [0.5, 0.6) is 5.75 Å². The molecule has 1 rings (SSSR count). The molecule has 0 amide bonds. The minimum Gasteiger partial charge on any atom is -0.493 e. The Kier molecular flexibility index (Phi) is 5.42. The van der Waals surface area contributed by atoms with E-state index in [4.69, 9.17) is 16.3 Å². The lowest BCUT2D eigenvalue weighted by Gasteiger charge is -2.18. The summed E-state index contributed by atoms with van der Waals surface area (Å²) in [5.41, 5.74) is 0.933. The molecule has 0 aliphatic heterocycles. The van der Waals surface area contributed by atoms with E-state index >= 15 is 0 Å². The van der Waals surface area contributed by atoms with E-state index < -0.39 is 0 Å². The van der Waals surface area contributed by atoms with Crippen molar-refractivity contribution < 1.29 is 4.74 Å². The molecule has 1 unspecified atom stereocenters. The SMILES string of the molecule is CCCC(C)Nc1cc(Cl)cc(Br)c1OC. The summed E-state index contributed by atoms with van der Waals surface area (Å²) in [6.07, 6.45) is 2.27. The summed E-state index contributed by atoms with van der Waals surface area (Å²) >= 11 is 9.45. The lowest BCUT2D eigenvalue weighted by Crippen LogP contribution is -2.15. The summed E-state index contributed by atoms with van der Waals surface area (Å²) in [7, 11) is 1.66. The number of hydrogen-bond acceptors (Lipinski definition) is 2. The highest BCUT2D eigenvalue weighted by Crippen LogP contribution is 2.36. The van der Waals surface area contributed by atoms with Gasteiger partial charge in [-0.05, 0) is 41.4 Å². The highest BCUT2D eigenvalue weighted by atomic mass is 79.9. The molecule has 90 valence electrons. The van der Waals surface area contributed by atoms with Crippen molar-refractivity contribution in [3.05, 3.63) is 21.6 Å². The average Bonchev–Trinajstić information content (AvgIpc) is 2.17. The minimum atomic E-state index is 0.407. The number of hydrogen-bond donors (Lipinski definition) is 1. The number of methoxy groups -OCH3 is 1. The van der Waals surface area contributed by atoms with Crippen molar-refractivity contribution >= 4 is 33.2 Å². The molecule has 0 heterocycles. The van der Waals surface area contributed by atoms with Crippen molar-refractivity contribution in [2.24, 2.45) is 0 Å². The molecule has 0 saturated carbocycles. The third-order valence-corrected chi connectivity index (χ3v) is 3.14. The molecule has 0 saturated heterocycles. The molecule has 0 spiro atoms. The zero-order valence-electron chi connectivity index (χ0n) is 9.81. The maximum atomic E-state index is 6.01. The van der Waals surface area contributed by atoms with E-state index in [9.17, 15) is 0 Å². The third-order valence-electron chi connectivity index (χ3n) is 2.34. The minimum absolute atomic E-state index is 0.407. The molecule has 1 atom stereocenters. The second kappa shape index (κ2) is 6.36. The first kappa shape index (κ1) is 13.7. The number of rotatable bonds is 5. The van der Waals surface area contributed by atoms with Gasteiger partial charge in [0.2, 0.25) is 0 Å². The van der Waals surface area contributed by atoms with Gasteiger partial charge < -0.3 is 10.1 Å². The Labute approximate surface area is 110 Å². The predicted octanol–water partition coefficient (Wildman–Crippen LogP) is 4.71. The van der Waals surface area contributed by atoms with Crippen LogP contribution in [0.2, 0.25) is 5.02 Å². The van der Waals surface area contributed by atoms with Crippen LogP contribution in [0.15, 0.2) is 16.6 Å². The Hall–Kier alpha value is -0.410. The number of ether oxygens (including phenoxy) is 1. The van der Waals surface area contributed by atoms with Crippen LogP contribution in [0.25, 0.3) is 0 Å². The normalized spacial score (nSPS) is 12.3. The topological polar surface area (TPSA) is 21.3 Å². The zero-order valence-corrected chi connectivity index (χ0v) is 12.2. The van der Waals surface area contributed by atoms with Gasteiger partial charge in [-0.25, -0.2) is 0 Å². The van der Waals surface area contributed by atoms with E-state index in [1.54, 1.807) is 7.11 Å². The van der Waals surface area contributed by atoms with Gasteiger partial charge in [0.25, 0.3) is 0 Å². The Bertz CT molecular complexity index is 357. The molecular formula is C12H17BrClNO. The Morgan fingerprint density at radius 2 is 2.19 bits per heavy atom. The second-order valence-corrected chi connectivity index (χ2v) is 5.09. The van der Waals surface area contributed by atoms with Crippen LogP contribution in [-0.2, 0) is 0 Å². The van der Waals surface area contributed by atoms with Crippen molar-refractivity contribution in [3.63, 3.8) is 0 Å². The van der Waals surface area contributed by atoms with E-state index in [-0.39, 0.29) is 0 Å². The smallest absolute Gasteiger partial charge is 0.156 e. The first-order valence-corrected chi connectivity index (χ1v) is 6.55. The fourth-order valence-corrected chi connectivity index (χ4v) is 2.62. The molecule has 0 bridgehead atoms. The zero-order chi connectivity index (χ0) is 12.1. The lowest BCUT2D eigenvalue weighted by atomic mass is 10.2. The highest BCUT2D eigenvalue weighted by Gasteiger charge is 2.11. The molecule has 1 aromatic rings. The molecule has 0 fully saturated rings. The van der Waals surface area contributed by atoms with Gasteiger partial charge in [-0.3, -0.25) is 0 Å². The van der Waals surface area contributed by atoms with E-state index in [1.807, 2.05) is 12.1 Å². The van der Waals surface area contributed by atoms with Gasteiger partial charge in [0.05, 0.1) is 17.3 Å². The van der Waals surface area contributed by atoms with Crippen molar-refractivity contribution in [1.82, 2.24) is 0 Å². The molecule has 2 nitrogen and oxygen atoms in total. The summed E-state index contributed by atoms with van der Waals surface area (Å²) in [5.74, 6) is 0.798. The molecule has 0 aliphatic carbocycles. The monoisotopic (exact) mass is 305 g/mol. The molecule has 0 radical (unpaired) electrons. The van der Waals surface area contributed by atoms with Crippen LogP contribution < -0.4 is 10.1 Å². The van der Waals surface area contributed by atoms with Crippen molar-refractivity contribution in [3.8, 4) is 5.75 Å². The maximum Gasteiger partial charge on any atom is 0.156 e. The van der Waals surface area contributed by atoms with Crippen molar-refractivity contribution in [2.45, 2.75) is 32.7 Å². The fraction of sp³-hybridized carbons (Fsp3) is 0.500. The number of halogens is 2. The largest absolute Gasteiger partial charge is 0.493 e. The van der Waals surface area contributed by atoms with E-state index in [0.29, 0.717) is 11.1 Å². The molecule has 0 aromatic heterocycles. The average molecular weight is 307 g/mol. The van der Waals surface area contributed by atoms with Gasteiger partial charge in [0, 0.05) is 11.1 Å². The Morgan fingerprint density at radius 1 is 1.50 bits per heavy atom. The number of anilines is 1. The third kappa shape index (κ3) is 3.56. The van der Waals surface area contributed by atoms with Crippen molar-refractivity contribution in [1.29, 1.82) is 0 Å². The molecule has 1 aromatic carbocycles. The molecule has 1 N–H and O–H groups in total. The summed E-state index contributed by atoms with van der Waals surface area (Å²) in [6.45, 7) is 4.32. The summed E-state index contributed by atoms with van der Waals surface area (Å²) in [6, 6.07) is 4.12. The van der Waals surface area contributed by atoms with Gasteiger partial charge in [0.1, 0.15) is 0 Å². The van der Waals surface area contributed by atoms with Crippen LogP contribution in [-0.4, -0.2) is 13.2 Å². The maximum absolute atomic E-state index is 6.01. The van der Waals surface area contributed by atoms with E-state index in [2.05, 4.69) is 35.1 Å². The quantitative estimate of drug-likeness (QED) is 0.850. The standard InChI is InChI=1S/C12H17BrClNO/c1-4-5-8(2)15-11-7-9(14)6-10(13)12(11)16-3/h6-8,15H,4-5H2,1-3H3. The van der Waals surface area contributed by atoms with Gasteiger partial charge >= 0.3 is 0 Å². The van der Waals surface area contributed by atoms with Gasteiger partial charge in [-0.2, -0.15) is 0 Å². The van der Waals surface area contributed by atoms with E-state index in [0.717, 1.165) is 28.8 Å². The molecule has 16 heavy (non-hydrogen) atoms. The second-order valence-electron chi connectivity index (χ2n) is 3.80. The molecular weight excluding hydrogens is 289 g/mol. The van der Waals surface area contributed by atoms with Crippen LogP contribution >= 0.6 is 27.5 Å². The van der Waals surface area contributed by atoms with E-state index in [1.165, 1.54) is 0 Å². The summed E-state index contributed by atoms with van der Waals surface area (Å²) in [5, 5.41) is 4.10. The number of nitrogens with one attached hydrogen (secondary N) is 1. The highest BCUT2D eigenvalue weighted by molar-refractivity contribution is 9.10. The Morgan fingerprint density at radius 3 is 2.75 bits per heavy atom. The van der Waals surface area contributed by atoms with Crippen LogP contribution in [0.3, 0.4) is 0 Å². The molecule has 0 aliphatic rings. The summed E-state index contributed by atoms with van der Waals surface area (Å²) < 4.78 is 6.21. The van der Waals surface area contributed by atoms with Gasteiger partial charge in [0.15, 0.2) is 5.75 Å². The van der Waals surface area contributed by atoms with Crippen molar-refractivity contribution in [2.75, 3.05) is 12.4 Å². The van der Waals surface area contributed by atoms with Gasteiger partial charge in [-0.1, -0.05) is 24.9 Å². The molecule has 4 heteroatoms. The Balaban J connectivity index is 2.93. The first-order chi connectivity index (χ1) is 7.58. The first-order valence-electron chi connectivity index (χ1n) is 5.38. The lowest BCUT2D eigenvalue weighted by molar-refractivity contribution is 0.413. The van der Waals surface area contributed by atoms with Crippen LogP contribution in [0.4, 0.5) is 5.69 Å². The predicted molar refractivity (Wildman–Crippen MR) is 73.7 cm³/mol. The van der Waals surface area contributed by atoms with Gasteiger partial charge in [-0.15, -0.1) is 0 Å². The van der Waals surface area contributed by atoms with Crippen LogP contribution in [0.1, 0.15) is 26.7 Å².